The van der Waals surface area contributed by atoms with Crippen LogP contribution in [0.5, 0.6) is 0 Å². The molecule has 2 fully saturated rings. The molecule has 0 radical (unpaired) electrons. The van der Waals surface area contributed by atoms with Crippen molar-refractivity contribution in [1.29, 1.82) is 0 Å². The zero-order chi connectivity index (χ0) is 23.8. The number of anilines is 2. The summed E-state index contributed by atoms with van der Waals surface area (Å²) in [6, 6.07) is 10.3. The van der Waals surface area contributed by atoms with E-state index in [1.165, 1.54) is 6.07 Å². The molecule has 9 heteroatoms. The first kappa shape index (κ1) is 22.9. The monoisotopic (exact) mass is 483 g/mol. The molecule has 8 nitrogen and oxygen atoms in total. The van der Waals surface area contributed by atoms with E-state index in [0.717, 1.165) is 51.1 Å². The summed E-state index contributed by atoms with van der Waals surface area (Å²) in [4.78, 5) is 41.6. The molecule has 2 atom stereocenters. The summed E-state index contributed by atoms with van der Waals surface area (Å²) in [7, 11) is 0. The van der Waals surface area contributed by atoms with Gasteiger partial charge in [0.2, 0.25) is 5.91 Å². The summed E-state index contributed by atoms with van der Waals surface area (Å²) in [5.41, 5.74) is 2.23. The Morgan fingerprint density at radius 1 is 0.971 bits per heavy atom. The van der Waals surface area contributed by atoms with Crippen LogP contribution in [0.2, 0.25) is 5.02 Å². The molecule has 2 saturated heterocycles. The van der Waals surface area contributed by atoms with E-state index in [0.29, 0.717) is 34.9 Å². The van der Waals surface area contributed by atoms with Gasteiger partial charge in [-0.25, -0.2) is 4.79 Å². The molecule has 0 saturated carbocycles. The third-order valence-electron chi connectivity index (χ3n) is 7.39. The highest BCUT2D eigenvalue weighted by atomic mass is 35.5. The van der Waals surface area contributed by atoms with E-state index in [2.05, 4.69) is 15.5 Å². The number of nitrogens with one attached hydrogen (secondary N) is 2. The van der Waals surface area contributed by atoms with Crippen LogP contribution in [-0.2, 0) is 11.3 Å². The number of carbonyl (C=O) groups excluding carboxylic acids is 2. The summed E-state index contributed by atoms with van der Waals surface area (Å²) < 4.78 is 1.85. The quantitative estimate of drug-likeness (QED) is 0.698. The molecule has 180 valence electrons. The normalized spacial score (nSPS) is 22.7. The van der Waals surface area contributed by atoms with Gasteiger partial charge in [0.05, 0.1) is 5.69 Å². The number of rotatable bonds is 3. The number of piperidine rings is 2. The molecule has 3 aliphatic rings. The van der Waals surface area contributed by atoms with Crippen molar-refractivity contribution in [2.24, 2.45) is 5.92 Å². The maximum absolute atomic E-state index is 12.7. The average molecular weight is 484 g/mol. The average Bonchev–Trinajstić information content (AvgIpc) is 2.82. The standard InChI is InChI=1S/C25H30ClN5O3/c1-16(32)29-10-8-21(9-11-29)30-13-17-12-18(15-30)24-22(6-7-23(33)31(24)14-17)28-25(34)27-20-4-2-19(26)3-5-20/h2-7,17-18,21H,8-15H2,1H3,(H2,27,28,34). The minimum Gasteiger partial charge on any atom is -0.343 e. The van der Waals surface area contributed by atoms with Gasteiger partial charge < -0.3 is 20.1 Å². The van der Waals surface area contributed by atoms with Gasteiger partial charge in [-0.2, -0.15) is 0 Å². The van der Waals surface area contributed by atoms with Crippen LogP contribution in [0.4, 0.5) is 16.2 Å². The number of benzene rings is 1. The van der Waals surface area contributed by atoms with E-state index in [1.54, 1.807) is 37.3 Å². The van der Waals surface area contributed by atoms with Crippen LogP contribution < -0.4 is 16.2 Å². The second-order valence-corrected chi connectivity index (χ2v) is 10.1. The van der Waals surface area contributed by atoms with Crippen molar-refractivity contribution in [2.75, 3.05) is 36.8 Å². The lowest BCUT2D eigenvalue weighted by Crippen LogP contribution is -2.53. The predicted octanol–water partition coefficient (Wildman–Crippen LogP) is 3.58. The molecule has 0 spiro atoms. The van der Waals surface area contributed by atoms with Crippen molar-refractivity contribution in [3.05, 3.63) is 57.5 Å². The lowest BCUT2D eigenvalue weighted by Gasteiger charge is -2.47. The molecule has 2 unspecified atom stereocenters. The van der Waals surface area contributed by atoms with E-state index in [-0.39, 0.29) is 23.4 Å². The molecule has 2 N–H and O–H groups in total. The minimum absolute atomic E-state index is 0.0171. The van der Waals surface area contributed by atoms with Crippen LogP contribution >= 0.6 is 11.6 Å². The molecule has 1 aromatic carbocycles. The van der Waals surface area contributed by atoms with Crippen LogP contribution in [0.15, 0.2) is 41.2 Å². The maximum atomic E-state index is 12.7. The molecule has 1 aromatic heterocycles. The van der Waals surface area contributed by atoms with Gasteiger partial charge in [-0.05, 0) is 55.5 Å². The van der Waals surface area contributed by atoms with E-state index < -0.39 is 0 Å². The fraction of sp³-hybridized carbons (Fsp3) is 0.480. The highest BCUT2D eigenvalue weighted by molar-refractivity contribution is 6.30. The van der Waals surface area contributed by atoms with Crippen molar-refractivity contribution in [1.82, 2.24) is 14.4 Å². The number of fused-ring (bicyclic) bond motifs is 4. The maximum Gasteiger partial charge on any atom is 0.323 e. The van der Waals surface area contributed by atoms with Crippen molar-refractivity contribution < 1.29 is 9.59 Å². The van der Waals surface area contributed by atoms with Gasteiger partial charge in [-0.15, -0.1) is 0 Å². The zero-order valence-corrected chi connectivity index (χ0v) is 20.1. The Bertz CT molecular complexity index is 1140. The number of hydrogen-bond acceptors (Lipinski definition) is 4. The molecule has 4 heterocycles. The van der Waals surface area contributed by atoms with E-state index in [1.807, 2.05) is 9.47 Å². The van der Waals surface area contributed by atoms with Crippen molar-refractivity contribution >= 4 is 34.9 Å². The lowest BCUT2D eigenvalue weighted by atomic mass is 9.81. The Labute approximate surface area is 203 Å². The van der Waals surface area contributed by atoms with Crippen LogP contribution in [0.25, 0.3) is 0 Å². The number of hydrogen-bond donors (Lipinski definition) is 2. The Kier molecular flexibility index (Phi) is 6.36. The molecular formula is C25H30ClN5O3. The lowest BCUT2D eigenvalue weighted by molar-refractivity contribution is -0.130. The van der Waals surface area contributed by atoms with E-state index in [9.17, 15) is 14.4 Å². The summed E-state index contributed by atoms with van der Waals surface area (Å²) in [5, 5.41) is 6.40. The summed E-state index contributed by atoms with van der Waals surface area (Å²) in [5.74, 6) is 0.737. The molecule has 2 bridgehead atoms. The Balaban J connectivity index is 1.33. The number of carbonyl (C=O) groups is 2. The topological polar surface area (TPSA) is 86.7 Å². The number of halogens is 1. The summed E-state index contributed by atoms with van der Waals surface area (Å²) in [6.45, 7) is 5.75. The molecule has 3 amide bonds. The van der Waals surface area contributed by atoms with E-state index in [4.69, 9.17) is 11.6 Å². The number of urea groups is 1. The van der Waals surface area contributed by atoms with Crippen molar-refractivity contribution in [3.63, 3.8) is 0 Å². The molecule has 5 rings (SSSR count). The zero-order valence-electron chi connectivity index (χ0n) is 19.3. The fourth-order valence-corrected chi connectivity index (χ4v) is 5.95. The van der Waals surface area contributed by atoms with Gasteiger partial charge in [-0.3, -0.25) is 14.5 Å². The van der Waals surface area contributed by atoms with Gasteiger partial charge >= 0.3 is 6.03 Å². The first-order chi connectivity index (χ1) is 16.4. The van der Waals surface area contributed by atoms with E-state index >= 15 is 0 Å². The summed E-state index contributed by atoms with van der Waals surface area (Å²) in [6.07, 6.45) is 2.98. The number of amides is 3. The van der Waals surface area contributed by atoms with Crippen LogP contribution in [0.3, 0.4) is 0 Å². The minimum atomic E-state index is -0.352. The van der Waals surface area contributed by atoms with Gasteiger partial charge in [0.1, 0.15) is 0 Å². The smallest absolute Gasteiger partial charge is 0.323 e. The Morgan fingerprint density at radius 2 is 1.71 bits per heavy atom. The molecule has 0 aliphatic carbocycles. The number of nitrogens with zero attached hydrogens (tertiary/aromatic N) is 3. The van der Waals surface area contributed by atoms with Gasteiger partial charge in [0.25, 0.3) is 5.56 Å². The highest BCUT2D eigenvalue weighted by Gasteiger charge is 2.39. The molecular weight excluding hydrogens is 454 g/mol. The predicted molar refractivity (Wildman–Crippen MR) is 132 cm³/mol. The molecule has 3 aliphatic heterocycles. The van der Waals surface area contributed by atoms with Crippen LogP contribution in [0, 0.1) is 5.92 Å². The largest absolute Gasteiger partial charge is 0.343 e. The highest BCUT2D eigenvalue weighted by Crippen LogP contribution is 2.40. The third-order valence-corrected chi connectivity index (χ3v) is 7.65. The number of pyridine rings is 1. The molecule has 34 heavy (non-hydrogen) atoms. The van der Waals surface area contributed by atoms with Crippen LogP contribution in [-0.4, -0.2) is 58.5 Å². The summed E-state index contributed by atoms with van der Waals surface area (Å²) >= 11 is 5.93. The SMILES string of the molecule is CC(=O)N1CCC(N2CC3CC(C2)c2c(NC(=O)Nc4ccc(Cl)cc4)ccc(=O)n2C3)CC1. The van der Waals surface area contributed by atoms with Crippen molar-refractivity contribution in [3.8, 4) is 0 Å². The second kappa shape index (κ2) is 9.43. The van der Waals surface area contributed by atoms with Crippen LogP contribution in [0.1, 0.15) is 37.8 Å². The Hall–Kier alpha value is -2.84. The third kappa shape index (κ3) is 4.70. The van der Waals surface area contributed by atoms with Gasteiger partial charge in [0, 0.05) is 74.1 Å². The second-order valence-electron chi connectivity index (χ2n) is 9.66. The van der Waals surface area contributed by atoms with Gasteiger partial charge in [0.15, 0.2) is 0 Å². The fourth-order valence-electron chi connectivity index (χ4n) is 5.82. The van der Waals surface area contributed by atoms with Gasteiger partial charge in [-0.1, -0.05) is 11.6 Å². The number of aromatic nitrogens is 1. The first-order valence-electron chi connectivity index (χ1n) is 11.9. The number of likely N-dealkylation sites (tertiary alicyclic amines) is 2. The van der Waals surface area contributed by atoms with Crippen molar-refractivity contribution in [2.45, 2.75) is 44.7 Å². The molecule has 2 aromatic rings. The Morgan fingerprint density at radius 3 is 2.41 bits per heavy atom. The first-order valence-corrected chi connectivity index (χ1v) is 12.3.